The molecular weight excluding hydrogens is 350 g/mol. The third kappa shape index (κ3) is 3.94. The van der Waals surface area contributed by atoms with Gasteiger partial charge in [0.2, 0.25) is 10.0 Å². The fourth-order valence-electron chi connectivity index (χ4n) is 3.91. The number of nitrogens with one attached hydrogen (secondary N) is 1. The van der Waals surface area contributed by atoms with E-state index in [9.17, 15) is 13.2 Å². The van der Waals surface area contributed by atoms with Crippen LogP contribution in [0, 0.1) is 0 Å². The van der Waals surface area contributed by atoms with Crippen molar-refractivity contribution in [2.75, 3.05) is 26.7 Å². The predicted octanol–water partition coefficient (Wildman–Crippen LogP) is 2.07. The van der Waals surface area contributed by atoms with Crippen LogP contribution in [0.3, 0.4) is 0 Å². The Labute approximate surface area is 156 Å². The lowest BCUT2D eigenvalue weighted by Crippen LogP contribution is -2.52. The van der Waals surface area contributed by atoms with Gasteiger partial charge >= 0.3 is 0 Å². The maximum Gasteiger partial charge on any atom is 0.254 e. The molecule has 0 aromatic heterocycles. The van der Waals surface area contributed by atoms with Crippen molar-refractivity contribution in [3.8, 4) is 0 Å². The number of piperazine rings is 1. The average molecular weight is 380 g/mol. The van der Waals surface area contributed by atoms with Crippen molar-refractivity contribution < 1.29 is 13.2 Å². The molecule has 2 aliphatic rings. The number of amides is 1. The molecule has 144 valence electrons. The first-order valence-electron chi connectivity index (χ1n) is 9.51. The van der Waals surface area contributed by atoms with Gasteiger partial charge in [0.15, 0.2) is 0 Å². The summed E-state index contributed by atoms with van der Waals surface area (Å²) >= 11 is 0. The number of carbonyl (C=O) groups excluding carboxylic acids is 1. The van der Waals surface area contributed by atoms with Crippen LogP contribution < -0.4 is 5.32 Å². The second-order valence-corrected chi connectivity index (χ2v) is 9.39. The van der Waals surface area contributed by atoms with Crippen LogP contribution in [-0.4, -0.2) is 62.3 Å². The molecule has 1 saturated heterocycles. The molecule has 0 unspecified atom stereocenters. The van der Waals surface area contributed by atoms with Crippen molar-refractivity contribution in [1.29, 1.82) is 0 Å². The van der Waals surface area contributed by atoms with Gasteiger partial charge in [-0.2, -0.15) is 4.31 Å². The van der Waals surface area contributed by atoms with E-state index in [4.69, 9.17) is 0 Å². The Bertz CT molecular complexity index is 744. The first-order valence-corrected chi connectivity index (χ1v) is 10.9. The number of hydrogen-bond donors (Lipinski definition) is 1. The Morgan fingerprint density at radius 2 is 1.96 bits per heavy atom. The summed E-state index contributed by atoms with van der Waals surface area (Å²) in [7, 11) is -1.92. The van der Waals surface area contributed by atoms with Crippen LogP contribution in [0.2, 0.25) is 0 Å². The quantitative estimate of drug-likeness (QED) is 0.870. The van der Waals surface area contributed by atoms with Gasteiger partial charge < -0.3 is 10.2 Å². The number of nitrogens with zero attached hydrogens (tertiary/aromatic N) is 2. The lowest BCUT2D eigenvalue weighted by molar-refractivity contribution is 0.0655. The number of carbonyl (C=O) groups is 1. The largest absolute Gasteiger partial charge is 0.333 e. The van der Waals surface area contributed by atoms with Crippen LogP contribution in [0.4, 0.5) is 0 Å². The maximum atomic E-state index is 13.0. The molecule has 1 aromatic rings. The second-order valence-electron chi connectivity index (χ2n) is 7.39. The highest BCUT2D eigenvalue weighted by Gasteiger charge is 2.30. The summed E-state index contributed by atoms with van der Waals surface area (Å²) in [6, 6.07) is 6.65. The summed E-state index contributed by atoms with van der Waals surface area (Å²) in [5.74, 6) is -0.101. The third-order valence-corrected chi connectivity index (χ3v) is 7.52. The zero-order valence-electron chi connectivity index (χ0n) is 15.6. The molecule has 1 atom stereocenters. The highest BCUT2D eigenvalue weighted by atomic mass is 32.2. The smallest absolute Gasteiger partial charge is 0.254 e. The van der Waals surface area contributed by atoms with E-state index in [0.717, 1.165) is 38.8 Å². The van der Waals surface area contributed by atoms with Gasteiger partial charge in [-0.1, -0.05) is 25.3 Å². The molecule has 7 heteroatoms. The molecule has 3 rings (SSSR count). The van der Waals surface area contributed by atoms with E-state index in [1.165, 1.54) is 16.8 Å². The van der Waals surface area contributed by atoms with E-state index in [1.54, 1.807) is 25.2 Å². The minimum absolute atomic E-state index is 0.0568. The highest BCUT2D eigenvalue weighted by Crippen LogP contribution is 2.27. The van der Waals surface area contributed by atoms with Crippen molar-refractivity contribution in [1.82, 2.24) is 14.5 Å². The van der Waals surface area contributed by atoms with E-state index in [2.05, 4.69) is 5.32 Å². The molecule has 1 heterocycles. The van der Waals surface area contributed by atoms with Crippen LogP contribution in [0.25, 0.3) is 0 Å². The molecule has 1 aromatic carbocycles. The lowest BCUT2D eigenvalue weighted by Gasteiger charge is -2.34. The van der Waals surface area contributed by atoms with Crippen LogP contribution >= 0.6 is 0 Å². The SMILES string of the molecule is C[C@@H]1CNCCN1C(=O)c1cccc(S(=O)(=O)N(C)C2CCCCC2)c1. The molecule has 1 saturated carbocycles. The van der Waals surface area contributed by atoms with Gasteiger partial charge in [-0.15, -0.1) is 0 Å². The first-order chi connectivity index (χ1) is 12.4. The van der Waals surface area contributed by atoms with Crippen LogP contribution in [0.15, 0.2) is 29.2 Å². The minimum Gasteiger partial charge on any atom is -0.333 e. The second kappa shape index (κ2) is 8.06. The summed E-state index contributed by atoms with van der Waals surface area (Å²) in [5.41, 5.74) is 0.442. The number of rotatable bonds is 4. The minimum atomic E-state index is -3.59. The van der Waals surface area contributed by atoms with E-state index in [1.807, 2.05) is 11.8 Å². The fraction of sp³-hybridized carbons (Fsp3) is 0.632. The van der Waals surface area contributed by atoms with Crippen molar-refractivity contribution in [3.63, 3.8) is 0 Å². The molecule has 2 fully saturated rings. The third-order valence-electron chi connectivity index (χ3n) is 5.61. The topological polar surface area (TPSA) is 69.7 Å². The number of benzene rings is 1. The van der Waals surface area contributed by atoms with Crippen molar-refractivity contribution in [3.05, 3.63) is 29.8 Å². The lowest BCUT2D eigenvalue weighted by atomic mass is 9.96. The van der Waals surface area contributed by atoms with E-state index < -0.39 is 10.0 Å². The van der Waals surface area contributed by atoms with Gasteiger partial charge in [0.05, 0.1) is 4.90 Å². The summed E-state index contributed by atoms with van der Waals surface area (Å²) in [4.78, 5) is 14.9. The van der Waals surface area contributed by atoms with Gasteiger partial charge in [-0.25, -0.2) is 8.42 Å². The standard InChI is InChI=1S/C19H29N3O3S/c1-15-14-20-11-12-22(15)19(23)16-7-6-10-18(13-16)26(24,25)21(2)17-8-4-3-5-9-17/h6-7,10,13,15,17,20H,3-5,8-9,11-12,14H2,1-2H3/t15-/m1/s1. The molecular formula is C19H29N3O3S. The number of hydrogen-bond acceptors (Lipinski definition) is 4. The van der Waals surface area contributed by atoms with Crippen LogP contribution in [0.1, 0.15) is 49.4 Å². The Balaban J connectivity index is 1.82. The molecule has 26 heavy (non-hydrogen) atoms. The summed E-state index contributed by atoms with van der Waals surface area (Å²) in [5, 5.41) is 3.26. The van der Waals surface area contributed by atoms with Crippen LogP contribution in [-0.2, 0) is 10.0 Å². The Morgan fingerprint density at radius 1 is 1.23 bits per heavy atom. The fourth-order valence-corrected chi connectivity index (χ4v) is 5.37. The molecule has 1 amide bonds. The molecule has 0 bridgehead atoms. The summed E-state index contributed by atoms with van der Waals surface area (Å²) in [6.45, 7) is 4.16. The van der Waals surface area contributed by atoms with Gasteiger partial charge in [0.25, 0.3) is 5.91 Å². The molecule has 0 radical (unpaired) electrons. The molecule has 1 aliphatic carbocycles. The highest BCUT2D eigenvalue weighted by molar-refractivity contribution is 7.89. The Kier molecular flexibility index (Phi) is 5.99. The average Bonchev–Trinajstić information content (AvgIpc) is 2.68. The molecule has 1 N–H and O–H groups in total. The molecule has 0 spiro atoms. The summed E-state index contributed by atoms with van der Waals surface area (Å²) < 4.78 is 27.6. The normalized spacial score (nSPS) is 22.6. The predicted molar refractivity (Wildman–Crippen MR) is 102 cm³/mol. The van der Waals surface area contributed by atoms with Gasteiger partial charge in [0, 0.05) is 44.3 Å². The first kappa shape index (κ1) is 19.3. The monoisotopic (exact) mass is 379 g/mol. The van der Waals surface area contributed by atoms with Gasteiger partial charge in [-0.3, -0.25) is 4.79 Å². The van der Waals surface area contributed by atoms with Gasteiger partial charge in [0.1, 0.15) is 0 Å². The molecule has 6 nitrogen and oxygen atoms in total. The molecule has 1 aliphatic heterocycles. The zero-order valence-corrected chi connectivity index (χ0v) is 16.5. The van der Waals surface area contributed by atoms with Crippen LogP contribution in [0.5, 0.6) is 0 Å². The zero-order chi connectivity index (χ0) is 18.7. The Hall–Kier alpha value is -1.44. The summed E-state index contributed by atoms with van der Waals surface area (Å²) in [6.07, 6.45) is 5.14. The van der Waals surface area contributed by atoms with E-state index >= 15 is 0 Å². The maximum absolute atomic E-state index is 13.0. The van der Waals surface area contributed by atoms with Crippen molar-refractivity contribution >= 4 is 15.9 Å². The van der Waals surface area contributed by atoms with E-state index in [-0.39, 0.29) is 22.9 Å². The Morgan fingerprint density at radius 3 is 2.65 bits per heavy atom. The van der Waals surface area contributed by atoms with Gasteiger partial charge in [-0.05, 0) is 38.0 Å². The number of sulfonamides is 1. The van der Waals surface area contributed by atoms with Crippen molar-refractivity contribution in [2.24, 2.45) is 0 Å². The van der Waals surface area contributed by atoms with E-state index in [0.29, 0.717) is 12.1 Å². The van der Waals surface area contributed by atoms with Crippen molar-refractivity contribution in [2.45, 2.75) is 56.0 Å².